The van der Waals surface area contributed by atoms with Gasteiger partial charge in [0.2, 0.25) is 0 Å². The van der Waals surface area contributed by atoms with Gasteiger partial charge in [0.25, 0.3) is 0 Å². The van der Waals surface area contributed by atoms with E-state index in [1.165, 1.54) is 0 Å². The van der Waals surface area contributed by atoms with E-state index in [4.69, 9.17) is 5.11 Å². The molecule has 0 amide bonds. The number of likely N-dealkylation sites (tertiary alicyclic amines) is 1. The predicted octanol–water partition coefficient (Wildman–Crippen LogP) is 1.17. The molecule has 1 unspecified atom stereocenters. The number of carboxylic acids is 1. The molecule has 1 rings (SSSR count). The summed E-state index contributed by atoms with van der Waals surface area (Å²) in [6.45, 7) is 9.33. The zero-order chi connectivity index (χ0) is 12.1. The number of carbonyl (C=O) groups is 1. The molecule has 0 radical (unpaired) electrons. The summed E-state index contributed by atoms with van der Waals surface area (Å²) in [7, 11) is 0. The van der Waals surface area contributed by atoms with Gasteiger partial charge in [0.15, 0.2) is 0 Å². The van der Waals surface area contributed by atoms with Crippen molar-refractivity contribution in [3.8, 4) is 0 Å². The van der Waals surface area contributed by atoms with Crippen molar-refractivity contribution in [2.75, 3.05) is 19.6 Å². The fourth-order valence-corrected chi connectivity index (χ4v) is 2.22. The van der Waals surface area contributed by atoms with Crippen molar-refractivity contribution in [3.05, 3.63) is 0 Å². The molecule has 1 saturated heterocycles. The second-order valence-corrected chi connectivity index (χ2v) is 4.94. The topological polar surface area (TPSA) is 52.6 Å². The van der Waals surface area contributed by atoms with E-state index < -0.39 is 12.0 Å². The number of piperidine rings is 1. The van der Waals surface area contributed by atoms with Gasteiger partial charge in [-0.2, -0.15) is 0 Å². The van der Waals surface area contributed by atoms with Crippen molar-refractivity contribution in [1.29, 1.82) is 0 Å². The first-order valence-corrected chi connectivity index (χ1v) is 6.25. The summed E-state index contributed by atoms with van der Waals surface area (Å²) < 4.78 is 0. The Hall–Kier alpha value is -0.610. The fourth-order valence-electron chi connectivity index (χ4n) is 2.22. The zero-order valence-corrected chi connectivity index (χ0v) is 10.6. The van der Waals surface area contributed by atoms with Crippen LogP contribution in [0.3, 0.4) is 0 Å². The molecule has 16 heavy (non-hydrogen) atoms. The Morgan fingerprint density at radius 1 is 1.44 bits per heavy atom. The molecule has 0 aromatic carbocycles. The lowest BCUT2D eigenvalue weighted by Gasteiger charge is -2.33. The maximum Gasteiger partial charge on any atom is 0.320 e. The highest BCUT2D eigenvalue weighted by Gasteiger charge is 2.26. The quantitative estimate of drug-likeness (QED) is 0.741. The van der Waals surface area contributed by atoms with E-state index >= 15 is 0 Å². The molecule has 1 fully saturated rings. The van der Waals surface area contributed by atoms with Gasteiger partial charge in [-0.15, -0.1) is 0 Å². The van der Waals surface area contributed by atoms with Crippen LogP contribution >= 0.6 is 0 Å². The summed E-state index contributed by atoms with van der Waals surface area (Å²) in [5.74, 6) is -0.588. The summed E-state index contributed by atoms with van der Waals surface area (Å²) in [5.41, 5.74) is 0. The molecule has 0 bridgehead atoms. The van der Waals surface area contributed by atoms with E-state index in [9.17, 15) is 4.79 Å². The van der Waals surface area contributed by atoms with Crippen LogP contribution in [-0.2, 0) is 4.79 Å². The second kappa shape index (κ2) is 6.21. The van der Waals surface area contributed by atoms with Crippen molar-refractivity contribution in [2.24, 2.45) is 5.92 Å². The van der Waals surface area contributed by atoms with Crippen molar-refractivity contribution < 1.29 is 9.90 Å². The Kier molecular flexibility index (Phi) is 5.22. The predicted molar refractivity (Wildman–Crippen MR) is 64.5 cm³/mol. The van der Waals surface area contributed by atoms with Crippen LogP contribution in [0.1, 0.15) is 33.6 Å². The number of nitrogens with zero attached hydrogens (tertiary/aromatic N) is 1. The minimum atomic E-state index is -0.729. The normalized spacial score (nSPS) is 21.2. The third-order valence-electron chi connectivity index (χ3n) is 3.38. The molecule has 1 heterocycles. The first kappa shape index (κ1) is 13.5. The Bertz CT molecular complexity index is 223. The van der Waals surface area contributed by atoms with Crippen LogP contribution in [0.4, 0.5) is 0 Å². The van der Waals surface area contributed by atoms with Crippen LogP contribution < -0.4 is 5.32 Å². The second-order valence-electron chi connectivity index (χ2n) is 4.94. The minimum Gasteiger partial charge on any atom is -0.480 e. The van der Waals surface area contributed by atoms with Gasteiger partial charge in [0, 0.05) is 6.04 Å². The highest BCUT2D eigenvalue weighted by molar-refractivity contribution is 5.73. The molecule has 0 saturated carbocycles. The van der Waals surface area contributed by atoms with Crippen LogP contribution in [0.15, 0.2) is 0 Å². The van der Waals surface area contributed by atoms with Crippen LogP contribution in [0.2, 0.25) is 0 Å². The zero-order valence-electron chi connectivity index (χ0n) is 10.6. The fraction of sp³-hybridized carbons (Fsp3) is 0.917. The number of aliphatic carboxylic acids is 1. The van der Waals surface area contributed by atoms with Crippen molar-refractivity contribution >= 4 is 5.97 Å². The largest absolute Gasteiger partial charge is 0.480 e. The maximum atomic E-state index is 11.1. The summed E-state index contributed by atoms with van der Waals surface area (Å²) in [6, 6.07) is -0.0375. The lowest BCUT2D eigenvalue weighted by molar-refractivity contribution is -0.141. The van der Waals surface area contributed by atoms with Crippen LogP contribution in [-0.4, -0.2) is 47.7 Å². The van der Waals surface area contributed by atoms with E-state index in [0.717, 1.165) is 32.5 Å². The number of hydrogen-bond donors (Lipinski definition) is 2. The first-order valence-electron chi connectivity index (χ1n) is 6.25. The van der Waals surface area contributed by atoms with Gasteiger partial charge in [-0.25, -0.2) is 0 Å². The molecule has 0 aromatic rings. The van der Waals surface area contributed by atoms with Gasteiger partial charge in [-0.1, -0.05) is 20.8 Å². The molecule has 4 nitrogen and oxygen atoms in total. The lowest BCUT2D eigenvalue weighted by atomic mass is 9.99. The molecule has 4 heteroatoms. The highest BCUT2D eigenvalue weighted by atomic mass is 16.4. The molecule has 1 aliphatic heterocycles. The van der Waals surface area contributed by atoms with Gasteiger partial charge in [-0.05, 0) is 38.4 Å². The summed E-state index contributed by atoms with van der Waals surface area (Å²) in [4.78, 5) is 13.5. The average Bonchev–Trinajstić information content (AvgIpc) is 2.25. The van der Waals surface area contributed by atoms with Gasteiger partial charge in [0.05, 0.1) is 0 Å². The van der Waals surface area contributed by atoms with Gasteiger partial charge < -0.3 is 15.3 Å². The van der Waals surface area contributed by atoms with E-state index in [-0.39, 0.29) is 5.92 Å². The number of hydrogen-bond acceptors (Lipinski definition) is 3. The lowest BCUT2D eigenvalue weighted by Crippen LogP contribution is -2.50. The Labute approximate surface area is 98.0 Å². The third kappa shape index (κ3) is 3.76. The van der Waals surface area contributed by atoms with E-state index in [1.54, 1.807) is 0 Å². The van der Waals surface area contributed by atoms with Crippen LogP contribution in [0, 0.1) is 5.92 Å². The summed E-state index contributed by atoms with van der Waals surface area (Å²) >= 11 is 0. The van der Waals surface area contributed by atoms with E-state index in [2.05, 4.69) is 17.1 Å². The molecule has 94 valence electrons. The molecular formula is C12H24N2O2. The molecular weight excluding hydrogens is 204 g/mol. The highest BCUT2D eigenvalue weighted by Crippen LogP contribution is 2.12. The van der Waals surface area contributed by atoms with Crippen LogP contribution in [0.5, 0.6) is 0 Å². The smallest absolute Gasteiger partial charge is 0.320 e. The summed E-state index contributed by atoms with van der Waals surface area (Å²) in [6.07, 6.45) is 2.12. The number of carboxylic acid groups (broad SMARTS) is 1. The number of nitrogens with one attached hydrogen (secondary N) is 1. The molecule has 0 aromatic heterocycles. The molecule has 0 aliphatic carbocycles. The Balaban J connectivity index is 2.39. The molecule has 2 N–H and O–H groups in total. The maximum absolute atomic E-state index is 11.1. The van der Waals surface area contributed by atoms with Crippen molar-refractivity contribution in [2.45, 2.75) is 45.7 Å². The van der Waals surface area contributed by atoms with Crippen LogP contribution in [0.25, 0.3) is 0 Å². The van der Waals surface area contributed by atoms with Gasteiger partial charge in [0.1, 0.15) is 6.04 Å². The van der Waals surface area contributed by atoms with E-state index in [1.807, 2.05) is 13.8 Å². The Morgan fingerprint density at radius 3 is 2.38 bits per heavy atom. The standard InChI is InChI=1S/C12H24N2O2/c1-4-14-7-5-10(6-8-14)13-11(9(2)3)12(15)16/h9-11,13H,4-8H2,1-3H3,(H,15,16). The summed E-state index contributed by atoms with van der Waals surface area (Å²) in [5, 5.41) is 12.4. The number of rotatable bonds is 5. The molecule has 0 spiro atoms. The van der Waals surface area contributed by atoms with Gasteiger partial charge in [-0.3, -0.25) is 4.79 Å². The van der Waals surface area contributed by atoms with Crippen molar-refractivity contribution in [1.82, 2.24) is 10.2 Å². The van der Waals surface area contributed by atoms with Gasteiger partial charge >= 0.3 is 5.97 Å². The molecule has 1 aliphatic rings. The van der Waals surface area contributed by atoms with E-state index in [0.29, 0.717) is 6.04 Å². The van der Waals surface area contributed by atoms with Crippen molar-refractivity contribution in [3.63, 3.8) is 0 Å². The third-order valence-corrected chi connectivity index (χ3v) is 3.38. The first-order chi connectivity index (χ1) is 7.54. The Morgan fingerprint density at radius 2 is 2.00 bits per heavy atom. The molecule has 1 atom stereocenters. The monoisotopic (exact) mass is 228 g/mol. The minimum absolute atomic E-state index is 0.140. The SMILES string of the molecule is CCN1CCC(NC(C(=O)O)C(C)C)CC1. The average molecular weight is 228 g/mol.